The zero-order chi connectivity index (χ0) is 20.5. The van der Waals surface area contributed by atoms with Gasteiger partial charge in [-0.2, -0.15) is 0 Å². The standard InChI is InChI=1S/C21H19ClN4O3S/c22-15-2-4-19(23-10-15)26-7-5-13(6-8-26)20(27)25-21-24-16(11-30-21)14-1-3-17-18(9-14)29-12-28-17/h1-4,9-11,13H,5-8,12H2,(H,24,25,27). The molecule has 0 unspecified atom stereocenters. The third-order valence-corrected chi connectivity index (χ3v) is 6.29. The van der Waals surface area contributed by atoms with E-state index in [9.17, 15) is 4.79 Å². The molecule has 0 spiro atoms. The van der Waals surface area contributed by atoms with Gasteiger partial charge in [0.2, 0.25) is 12.7 Å². The van der Waals surface area contributed by atoms with Gasteiger partial charge in [-0.25, -0.2) is 9.97 Å². The Morgan fingerprint density at radius 3 is 2.80 bits per heavy atom. The maximum Gasteiger partial charge on any atom is 0.231 e. The Morgan fingerprint density at radius 1 is 1.17 bits per heavy atom. The first kappa shape index (κ1) is 19.1. The van der Waals surface area contributed by atoms with Crippen LogP contribution in [0, 0.1) is 5.92 Å². The largest absolute Gasteiger partial charge is 0.454 e. The van der Waals surface area contributed by atoms with Gasteiger partial charge in [-0.05, 0) is 43.2 Å². The Labute approximate surface area is 182 Å². The summed E-state index contributed by atoms with van der Waals surface area (Å²) in [4.78, 5) is 23.8. The minimum atomic E-state index is -0.0357. The number of halogens is 1. The summed E-state index contributed by atoms with van der Waals surface area (Å²) in [5, 5.41) is 6.14. The van der Waals surface area contributed by atoms with Gasteiger partial charge in [-0.15, -0.1) is 11.3 Å². The van der Waals surface area contributed by atoms with Crippen molar-refractivity contribution in [2.24, 2.45) is 5.92 Å². The number of ether oxygens (including phenoxy) is 2. The second-order valence-corrected chi connectivity index (χ2v) is 8.49. The average molecular weight is 443 g/mol. The maximum absolute atomic E-state index is 12.7. The second-order valence-electron chi connectivity index (χ2n) is 7.19. The molecule has 0 atom stereocenters. The highest BCUT2D eigenvalue weighted by Gasteiger charge is 2.26. The SMILES string of the molecule is O=C(Nc1nc(-c2ccc3c(c2)OCO3)cs1)C1CCN(c2ccc(Cl)cn2)CC1. The molecule has 7 nitrogen and oxygen atoms in total. The van der Waals surface area contributed by atoms with Crippen LogP contribution < -0.4 is 19.7 Å². The minimum Gasteiger partial charge on any atom is -0.454 e. The number of nitrogens with one attached hydrogen (secondary N) is 1. The van der Waals surface area contributed by atoms with Gasteiger partial charge < -0.3 is 19.7 Å². The Hall–Kier alpha value is -2.84. The lowest BCUT2D eigenvalue weighted by molar-refractivity contribution is -0.120. The first-order valence-corrected chi connectivity index (χ1v) is 10.9. The number of rotatable bonds is 4. The van der Waals surface area contributed by atoms with Crippen LogP contribution in [0.15, 0.2) is 41.9 Å². The molecular weight excluding hydrogens is 424 g/mol. The summed E-state index contributed by atoms with van der Waals surface area (Å²) in [6.07, 6.45) is 3.20. The van der Waals surface area contributed by atoms with Crippen LogP contribution in [0.5, 0.6) is 11.5 Å². The lowest BCUT2D eigenvalue weighted by Gasteiger charge is -2.31. The van der Waals surface area contributed by atoms with Gasteiger partial charge in [0, 0.05) is 36.1 Å². The first-order valence-electron chi connectivity index (χ1n) is 9.68. The second kappa shape index (κ2) is 8.12. The molecule has 2 aliphatic rings. The molecule has 1 saturated heterocycles. The van der Waals surface area contributed by atoms with E-state index in [1.165, 1.54) is 11.3 Å². The highest BCUT2D eigenvalue weighted by atomic mass is 35.5. The molecule has 1 N–H and O–H groups in total. The molecule has 2 aromatic heterocycles. The number of amides is 1. The predicted octanol–water partition coefficient (Wildman–Crippen LogP) is 4.44. The van der Waals surface area contributed by atoms with Crippen LogP contribution in [0.3, 0.4) is 0 Å². The number of aromatic nitrogens is 2. The van der Waals surface area contributed by atoms with E-state index in [-0.39, 0.29) is 18.6 Å². The molecule has 5 rings (SSSR count). The molecule has 154 valence electrons. The van der Waals surface area contributed by atoms with E-state index in [1.54, 1.807) is 6.20 Å². The number of anilines is 2. The quantitative estimate of drug-likeness (QED) is 0.643. The summed E-state index contributed by atoms with van der Waals surface area (Å²) in [7, 11) is 0. The number of nitrogens with zero attached hydrogens (tertiary/aromatic N) is 3. The molecule has 1 amide bonds. The Morgan fingerprint density at radius 2 is 2.00 bits per heavy atom. The molecule has 30 heavy (non-hydrogen) atoms. The molecule has 0 bridgehead atoms. The van der Waals surface area contributed by atoms with Crippen LogP contribution in [0.4, 0.5) is 10.9 Å². The van der Waals surface area contributed by atoms with Gasteiger partial charge in [-0.3, -0.25) is 4.79 Å². The summed E-state index contributed by atoms with van der Waals surface area (Å²) < 4.78 is 10.8. The molecule has 9 heteroatoms. The highest BCUT2D eigenvalue weighted by molar-refractivity contribution is 7.14. The van der Waals surface area contributed by atoms with E-state index in [2.05, 4.69) is 20.2 Å². The van der Waals surface area contributed by atoms with Gasteiger partial charge >= 0.3 is 0 Å². The number of pyridine rings is 1. The molecule has 0 saturated carbocycles. The van der Waals surface area contributed by atoms with Gasteiger partial charge in [0.15, 0.2) is 16.6 Å². The number of carbonyl (C=O) groups is 1. The average Bonchev–Trinajstić information content (AvgIpc) is 3.43. The summed E-state index contributed by atoms with van der Waals surface area (Å²) in [5.41, 5.74) is 1.73. The normalized spacial score (nSPS) is 16.0. The van der Waals surface area contributed by atoms with Crippen molar-refractivity contribution in [1.29, 1.82) is 0 Å². The van der Waals surface area contributed by atoms with E-state index in [0.29, 0.717) is 15.9 Å². The van der Waals surface area contributed by atoms with Crippen molar-refractivity contribution in [3.05, 3.63) is 46.9 Å². The van der Waals surface area contributed by atoms with Crippen LogP contribution in [0.1, 0.15) is 12.8 Å². The Balaban J connectivity index is 1.19. The van der Waals surface area contributed by atoms with Crippen molar-refractivity contribution in [3.63, 3.8) is 0 Å². The molecule has 0 radical (unpaired) electrons. The van der Waals surface area contributed by atoms with E-state index in [1.807, 2.05) is 35.7 Å². The topological polar surface area (TPSA) is 76.6 Å². The van der Waals surface area contributed by atoms with Crippen LogP contribution in [-0.4, -0.2) is 35.8 Å². The van der Waals surface area contributed by atoms with Crippen molar-refractivity contribution < 1.29 is 14.3 Å². The number of carbonyl (C=O) groups excluding carboxylic acids is 1. The van der Waals surface area contributed by atoms with Crippen LogP contribution >= 0.6 is 22.9 Å². The fraction of sp³-hybridized carbons (Fsp3) is 0.286. The number of piperidine rings is 1. The number of thiazole rings is 1. The fourth-order valence-electron chi connectivity index (χ4n) is 3.65. The predicted molar refractivity (Wildman–Crippen MR) is 116 cm³/mol. The molecule has 1 fully saturated rings. The summed E-state index contributed by atoms with van der Waals surface area (Å²) >= 11 is 7.33. The van der Waals surface area contributed by atoms with Gasteiger partial charge in [-0.1, -0.05) is 11.6 Å². The molecular formula is C21H19ClN4O3S. The summed E-state index contributed by atoms with van der Waals surface area (Å²) in [5.74, 6) is 2.33. The lowest BCUT2D eigenvalue weighted by atomic mass is 9.96. The third-order valence-electron chi connectivity index (χ3n) is 5.30. The number of benzene rings is 1. The minimum absolute atomic E-state index is 0.0188. The number of hydrogen-bond donors (Lipinski definition) is 1. The summed E-state index contributed by atoms with van der Waals surface area (Å²) in [6, 6.07) is 9.47. The van der Waals surface area contributed by atoms with Gasteiger partial charge in [0.25, 0.3) is 0 Å². The van der Waals surface area contributed by atoms with Crippen molar-refractivity contribution in [1.82, 2.24) is 9.97 Å². The lowest BCUT2D eigenvalue weighted by Crippen LogP contribution is -2.38. The van der Waals surface area contributed by atoms with E-state index < -0.39 is 0 Å². The Kier molecular flexibility index (Phi) is 5.18. The van der Waals surface area contributed by atoms with E-state index in [0.717, 1.165) is 48.8 Å². The van der Waals surface area contributed by atoms with Crippen LogP contribution in [-0.2, 0) is 4.79 Å². The van der Waals surface area contributed by atoms with Crippen molar-refractivity contribution in [2.45, 2.75) is 12.8 Å². The number of fused-ring (bicyclic) bond motifs is 1. The molecule has 4 heterocycles. The van der Waals surface area contributed by atoms with Crippen molar-refractivity contribution in [2.75, 3.05) is 30.1 Å². The zero-order valence-electron chi connectivity index (χ0n) is 16.0. The highest BCUT2D eigenvalue weighted by Crippen LogP contribution is 2.36. The fourth-order valence-corrected chi connectivity index (χ4v) is 4.49. The monoisotopic (exact) mass is 442 g/mol. The third kappa shape index (κ3) is 3.93. The molecule has 3 aromatic rings. The van der Waals surface area contributed by atoms with Crippen molar-refractivity contribution in [3.8, 4) is 22.8 Å². The zero-order valence-corrected chi connectivity index (χ0v) is 17.6. The van der Waals surface area contributed by atoms with Gasteiger partial charge in [0.1, 0.15) is 5.82 Å². The van der Waals surface area contributed by atoms with Crippen LogP contribution in [0.2, 0.25) is 5.02 Å². The Bertz CT molecular complexity index is 1060. The number of hydrogen-bond acceptors (Lipinski definition) is 7. The summed E-state index contributed by atoms with van der Waals surface area (Å²) in [6.45, 7) is 1.81. The molecule has 2 aliphatic heterocycles. The van der Waals surface area contributed by atoms with E-state index in [4.69, 9.17) is 21.1 Å². The maximum atomic E-state index is 12.7. The van der Waals surface area contributed by atoms with Crippen molar-refractivity contribution >= 4 is 39.8 Å². The van der Waals surface area contributed by atoms with E-state index >= 15 is 0 Å². The molecule has 1 aromatic carbocycles. The first-order chi connectivity index (χ1) is 14.7. The van der Waals surface area contributed by atoms with Gasteiger partial charge in [0.05, 0.1) is 10.7 Å². The smallest absolute Gasteiger partial charge is 0.231 e. The molecule has 0 aliphatic carbocycles. The van der Waals surface area contributed by atoms with Crippen LogP contribution in [0.25, 0.3) is 11.3 Å².